The van der Waals surface area contributed by atoms with Gasteiger partial charge < -0.3 is 10.0 Å². The zero-order valence-corrected chi connectivity index (χ0v) is 13.6. The third-order valence-corrected chi connectivity index (χ3v) is 3.76. The van der Waals surface area contributed by atoms with Crippen molar-refractivity contribution in [3.63, 3.8) is 0 Å². The molecule has 1 atom stereocenters. The van der Waals surface area contributed by atoms with Crippen molar-refractivity contribution >= 4 is 5.91 Å². The molecular weight excluding hydrogens is 262 g/mol. The van der Waals surface area contributed by atoms with Crippen molar-refractivity contribution in [1.82, 2.24) is 4.90 Å². The van der Waals surface area contributed by atoms with Crippen LogP contribution in [-0.4, -0.2) is 35.6 Å². The molecule has 0 bridgehead atoms. The van der Waals surface area contributed by atoms with Crippen molar-refractivity contribution in [3.8, 4) is 11.8 Å². The SMILES string of the molecule is Cc1ccc(C(=O)N(C)C(C)C(C)C)c(C#CCCO)c1. The second-order valence-electron chi connectivity index (χ2n) is 5.73. The molecule has 1 aromatic carbocycles. The molecule has 1 rings (SSSR count). The lowest BCUT2D eigenvalue weighted by molar-refractivity contribution is 0.0707. The summed E-state index contributed by atoms with van der Waals surface area (Å²) < 4.78 is 0. The molecule has 0 saturated heterocycles. The summed E-state index contributed by atoms with van der Waals surface area (Å²) in [6.07, 6.45) is 0.416. The molecule has 1 aromatic rings. The maximum atomic E-state index is 12.7. The van der Waals surface area contributed by atoms with Crippen molar-refractivity contribution in [2.45, 2.75) is 40.2 Å². The van der Waals surface area contributed by atoms with Gasteiger partial charge >= 0.3 is 0 Å². The van der Waals surface area contributed by atoms with Crippen LogP contribution in [0.25, 0.3) is 0 Å². The molecule has 0 radical (unpaired) electrons. The van der Waals surface area contributed by atoms with Crippen LogP contribution in [0.2, 0.25) is 0 Å². The monoisotopic (exact) mass is 287 g/mol. The first-order valence-electron chi connectivity index (χ1n) is 7.36. The second kappa shape index (κ2) is 7.85. The van der Waals surface area contributed by atoms with Crippen molar-refractivity contribution < 1.29 is 9.90 Å². The first-order valence-corrected chi connectivity index (χ1v) is 7.36. The Morgan fingerprint density at radius 1 is 1.33 bits per heavy atom. The van der Waals surface area contributed by atoms with Gasteiger partial charge in [0.1, 0.15) is 0 Å². The molecule has 1 amide bonds. The van der Waals surface area contributed by atoms with Gasteiger partial charge in [-0.2, -0.15) is 0 Å². The fourth-order valence-corrected chi connectivity index (χ4v) is 1.98. The van der Waals surface area contributed by atoms with Crippen molar-refractivity contribution in [3.05, 3.63) is 34.9 Å². The maximum Gasteiger partial charge on any atom is 0.255 e. The lowest BCUT2D eigenvalue weighted by Crippen LogP contribution is -2.38. The van der Waals surface area contributed by atoms with E-state index in [4.69, 9.17) is 5.11 Å². The van der Waals surface area contributed by atoms with E-state index in [9.17, 15) is 4.79 Å². The molecule has 1 unspecified atom stereocenters. The first-order chi connectivity index (χ1) is 9.88. The molecule has 0 aliphatic rings. The smallest absolute Gasteiger partial charge is 0.255 e. The van der Waals surface area contributed by atoms with Crippen LogP contribution in [0.4, 0.5) is 0 Å². The van der Waals surface area contributed by atoms with Crippen LogP contribution in [0, 0.1) is 24.7 Å². The Bertz CT molecular complexity index is 552. The van der Waals surface area contributed by atoms with Gasteiger partial charge in [-0.15, -0.1) is 0 Å². The molecule has 0 aromatic heterocycles. The van der Waals surface area contributed by atoms with Gasteiger partial charge in [-0.1, -0.05) is 31.8 Å². The van der Waals surface area contributed by atoms with E-state index in [0.29, 0.717) is 17.9 Å². The average Bonchev–Trinajstić information content (AvgIpc) is 2.45. The van der Waals surface area contributed by atoms with Gasteiger partial charge in [0, 0.05) is 25.1 Å². The van der Waals surface area contributed by atoms with Crippen LogP contribution in [0.5, 0.6) is 0 Å². The largest absolute Gasteiger partial charge is 0.395 e. The van der Waals surface area contributed by atoms with Crippen molar-refractivity contribution in [2.75, 3.05) is 13.7 Å². The normalized spacial score (nSPS) is 11.8. The van der Waals surface area contributed by atoms with Gasteiger partial charge in [0.2, 0.25) is 0 Å². The predicted octanol–water partition coefficient (Wildman–Crippen LogP) is 2.85. The number of hydrogen-bond acceptors (Lipinski definition) is 2. The molecule has 0 heterocycles. The lowest BCUT2D eigenvalue weighted by Gasteiger charge is -2.28. The van der Waals surface area contributed by atoms with E-state index in [1.54, 1.807) is 4.90 Å². The molecule has 0 fully saturated rings. The molecular formula is C18H25NO2. The number of aryl methyl sites for hydroxylation is 1. The van der Waals surface area contributed by atoms with E-state index in [1.807, 2.05) is 39.1 Å². The fraction of sp³-hybridized carbons (Fsp3) is 0.500. The van der Waals surface area contributed by atoms with Crippen molar-refractivity contribution in [2.24, 2.45) is 5.92 Å². The van der Waals surface area contributed by atoms with Crippen molar-refractivity contribution in [1.29, 1.82) is 0 Å². The Labute approximate surface area is 128 Å². The summed E-state index contributed by atoms with van der Waals surface area (Å²) in [6.45, 7) is 8.27. The number of rotatable bonds is 4. The third kappa shape index (κ3) is 4.61. The molecule has 0 spiro atoms. The third-order valence-electron chi connectivity index (χ3n) is 3.76. The van der Waals surface area contributed by atoms with Gasteiger partial charge in [-0.25, -0.2) is 0 Å². The van der Waals surface area contributed by atoms with Gasteiger partial charge in [0.25, 0.3) is 5.91 Å². The Balaban J connectivity index is 3.12. The molecule has 0 saturated carbocycles. The standard InChI is InChI=1S/C18H25NO2/c1-13(2)15(4)19(5)18(21)17-10-9-14(3)12-16(17)8-6-7-11-20/h9-10,12-13,15,20H,7,11H2,1-5H3. The Kier molecular flexibility index (Phi) is 6.45. The average molecular weight is 287 g/mol. The van der Waals surface area contributed by atoms with Crippen LogP contribution >= 0.6 is 0 Å². The number of carbonyl (C=O) groups is 1. The quantitative estimate of drug-likeness (QED) is 0.865. The van der Waals surface area contributed by atoms with Crippen LogP contribution < -0.4 is 0 Å². The summed E-state index contributed by atoms with van der Waals surface area (Å²) in [5.41, 5.74) is 2.43. The van der Waals surface area contributed by atoms with Crippen LogP contribution in [0.1, 0.15) is 48.7 Å². The number of amides is 1. The minimum atomic E-state index is -0.00972. The highest BCUT2D eigenvalue weighted by Gasteiger charge is 2.21. The van der Waals surface area contributed by atoms with E-state index >= 15 is 0 Å². The summed E-state index contributed by atoms with van der Waals surface area (Å²) in [5.74, 6) is 6.28. The summed E-state index contributed by atoms with van der Waals surface area (Å²) in [4.78, 5) is 14.4. The Morgan fingerprint density at radius 2 is 2.00 bits per heavy atom. The summed E-state index contributed by atoms with van der Waals surface area (Å²) in [6, 6.07) is 5.85. The molecule has 3 nitrogen and oxygen atoms in total. The van der Waals surface area contributed by atoms with E-state index in [1.165, 1.54) is 0 Å². The number of aliphatic hydroxyl groups is 1. The minimum Gasteiger partial charge on any atom is -0.395 e. The fourth-order valence-electron chi connectivity index (χ4n) is 1.98. The molecule has 1 N–H and O–H groups in total. The van der Waals surface area contributed by atoms with Crippen LogP contribution in [0.15, 0.2) is 18.2 Å². The zero-order valence-electron chi connectivity index (χ0n) is 13.6. The van der Waals surface area contributed by atoms with Gasteiger partial charge in [0.05, 0.1) is 12.2 Å². The Morgan fingerprint density at radius 3 is 2.57 bits per heavy atom. The van der Waals surface area contributed by atoms with Crippen LogP contribution in [0.3, 0.4) is 0 Å². The van der Waals surface area contributed by atoms with E-state index in [2.05, 4.69) is 25.7 Å². The topological polar surface area (TPSA) is 40.5 Å². The predicted molar refractivity (Wildman–Crippen MR) is 86.2 cm³/mol. The van der Waals surface area contributed by atoms with Gasteiger partial charge in [-0.3, -0.25) is 4.79 Å². The molecule has 3 heteroatoms. The lowest BCUT2D eigenvalue weighted by atomic mass is 10.0. The molecule has 0 aliphatic carbocycles. The first kappa shape index (κ1) is 17.3. The van der Waals surface area contributed by atoms with Gasteiger partial charge in [0.15, 0.2) is 0 Å². The van der Waals surface area contributed by atoms with E-state index < -0.39 is 0 Å². The number of aliphatic hydroxyl groups excluding tert-OH is 1. The number of hydrogen-bond donors (Lipinski definition) is 1. The number of nitrogens with zero attached hydrogens (tertiary/aromatic N) is 1. The summed E-state index contributed by atoms with van der Waals surface area (Å²) in [5, 5.41) is 8.82. The Hall–Kier alpha value is -1.79. The van der Waals surface area contributed by atoms with Crippen LogP contribution in [-0.2, 0) is 0 Å². The van der Waals surface area contributed by atoms with E-state index in [-0.39, 0.29) is 18.6 Å². The number of carbonyl (C=O) groups excluding carboxylic acids is 1. The number of benzene rings is 1. The highest BCUT2D eigenvalue weighted by atomic mass is 16.2. The highest BCUT2D eigenvalue weighted by molar-refractivity contribution is 5.96. The second-order valence-corrected chi connectivity index (χ2v) is 5.73. The summed E-state index contributed by atoms with van der Waals surface area (Å²) in [7, 11) is 1.83. The molecule has 21 heavy (non-hydrogen) atoms. The zero-order chi connectivity index (χ0) is 16.0. The summed E-state index contributed by atoms with van der Waals surface area (Å²) >= 11 is 0. The maximum absolute atomic E-state index is 12.7. The molecule has 114 valence electrons. The highest BCUT2D eigenvalue weighted by Crippen LogP contribution is 2.17. The minimum absolute atomic E-state index is 0.00972. The molecule has 0 aliphatic heterocycles. The van der Waals surface area contributed by atoms with Gasteiger partial charge in [-0.05, 0) is 37.5 Å². The van der Waals surface area contributed by atoms with E-state index in [0.717, 1.165) is 11.1 Å².